The number of hydrogen-bond donors (Lipinski definition) is 4. The molecule has 0 fully saturated rings. The number of rotatable bonds is 5. The zero-order valence-electron chi connectivity index (χ0n) is 11.4. The summed E-state index contributed by atoms with van der Waals surface area (Å²) in [4.78, 5) is 33.5. The van der Waals surface area contributed by atoms with Crippen molar-refractivity contribution in [3.63, 3.8) is 0 Å². The zero-order valence-corrected chi connectivity index (χ0v) is 11.4. The Kier molecular flexibility index (Phi) is 5.22. The van der Waals surface area contributed by atoms with E-state index in [0.717, 1.165) is 5.56 Å². The maximum atomic E-state index is 11.7. The number of nitrogens with two attached hydrogens (primary N) is 2. The van der Waals surface area contributed by atoms with Crippen LogP contribution in [0.1, 0.15) is 18.9 Å². The smallest absolute Gasteiger partial charge is 0.241 e. The summed E-state index contributed by atoms with van der Waals surface area (Å²) < 4.78 is 0. The number of carbonyl (C=O) groups excluding carboxylic acids is 3. The molecule has 0 bridgehead atoms. The van der Waals surface area contributed by atoms with Gasteiger partial charge in [0.25, 0.3) is 0 Å². The van der Waals surface area contributed by atoms with Crippen molar-refractivity contribution in [1.29, 1.82) is 0 Å². The first-order valence-corrected chi connectivity index (χ1v) is 6.02. The van der Waals surface area contributed by atoms with Crippen LogP contribution in [0.3, 0.4) is 0 Å². The Morgan fingerprint density at radius 2 is 1.90 bits per heavy atom. The number of anilines is 2. The number of nitrogens with one attached hydrogen (secondary N) is 2. The number of hydrogen-bond acceptors (Lipinski definition) is 4. The van der Waals surface area contributed by atoms with Gasteiger partial charge in [-0.2, -0.15) is 0 Å². The standard InChI is InChI=1S/C13H18N4O3/c1-7-3-4-9(5-11(7)16-8(2)18)17-13(20)10(14)6-12(15)19/h3-5,10H,6,14H2,1-2H3,(H2,15,19)(H,16,18)(H,17,20). The van der Waals surface area contributed by atoms with Crippen LogP contribution in [0.25, 0.3) is 0 Å². The fourth-order valence-electron chi connectivity index (χ4n) is 1.57. The second-order valence-corrected chi connectivity index (χ2v) is 4.48. The number of carbonyl (C=O) groups is 3. The molecule has 0 saturated heterocycles. The molecule has 6 N–H and O–H groups in total. The van der Waals surface area contributed by atoms with Crippen molar-refractivity contribution in [3.05, 3.63) is 23.8 Å². The van der Waals surface area contributed by atoms with Gasteiger partial charge >= 0.3 is 0 Å². The Balaban J connectivity index is 2.80. The van der Waals surface area contributed by atoms with Crippen molar-refractivity contribution in [2.24, 2.45) is 11.5 Å². The van der Waals surface area contributed by atoms with Gasteiger partial charge in [0, 0.05) is 18.3 Å². The van der Waals surface area contributed by atoms with E-state index in [2.05, 4.69) is 10.6 Å². The average Bonchev–Trinajstić information content (AvgIpc) is 2.31. The molecule has 0 heterocycles. The summed E-state index contributed by atoms with van der Waals surface area (Å²) in [6.07, 6.45) is -0.226. The number of primary amides is 1. The van der Waals surface area contributed by atoms with Crippen molar-refractivity contribution >= 4 is 29.1 Å². The van der Waals surface area contributed by atoms with Crippen LogP contribution in [0.5, 0.6) is 0 Å². The maximum absolute atomic E-state index is 11.7. The maximum Gasteiger partial charge on any atom is 0.241 e. The first-order valence-electron chi connectivity index (χ1n) is 6.02. The van der Waals surface area contributed by atoms with E-state index >= 15 is 0 Å². The molecule has 0 aliphatic heterocycles. The molecule has 1 atom stereocenters. The van der Waals surface area contributed by atoms with Gasteiger partial charge in [-0.05, 0) is 24.6 Å². The first-order chi connectivity index (χ1) is 9.29. The Morgan fingerprint density at radius 1 is 1.25 bits per heavy atom. The Labute approximate surface area is 116 Å². The topological polar surface area (TPSA) is 127 Å². The summed E-state index contributed by atoms with van der Waals surface area (Å²) in [6, 6.07) is 4.04. The molecular weight excluding hydrogens is 260 g/mol. The van der Waals surface area contributed by atoms with Gasteiger partial charge in [0.2, 0.25) is 17.7 Å². The van der Waals surface area contributed by atoms with Crippen LogP contribution in [0.4, 0.5) is 11.4 Å². The molecule has 0 saturated carbocycles. The van der Waals surface area contributed by atoms with Gasteiger partial charge < -0.3 is 22.1 Å². The fraction of sp³-hybridized carbons (Fsp3) is 0.308. The molecule has 108 valence electrons. The van der Waals surface area contributed by atoms with Gasteiger partial charge in [0.15, 0.2) is 0 Å². The second kappa shape index (κ2) is 6.67. The van der Waals surface area contributed by atoms with E-state index < -0.39 is 17.9 Å². The highest BCUT2D eigenvalue weighted by Crippen LogP contribution is 2.20. The normalized spacial score (nSPS) is 11.6. The lowest BCUT2D eigenvalue weighted by molar-refractivity contribution is -0.123. The molecule has 0 spiro atoms. The van der Waals surface area contributed by atoms with Crippen molar-refractivity contribution in [2.75, 3.05) is 10.6 Å². The molecular formula is C13H18N4O3. The molecule has 0 radical (unpaired) electrons. The predicted molar refractivity (Wildman–Crippen MR) is 75.9 cm³/mol. The quantitative estimate of drug-likeness (QED) is 0.608. The van der Waals surface area contributed by atoms with E-state index in [4.69, 9.17) is 11.5 Å². The minimum atomic E-state index is -1.00. The summed E-state index contributed by atoms with van der Waals surface area (Å²) in [5.74, 6) is -1.36. The van der Waals surface area contributed by atoms with Crippen LogP contribution in [-0.2, 0) is 14.4 Å². The van der Waals surface area contributed by atoms with Crippen LogP contribution < -0.4 is 22.1 Å². The van der Waals surface area contributed by atoms with Crippen LogP contribution >= 0.6 is 0 Å². The lowest BCUT2D eigenvalue weighted by Crippen LogP contribution is -2.39. The lowest BCUT2D eigenvalue weighted by Gasteiger charge is -2.13. The van der Waals surface area contributed by atoms with E-state index in [1.54, 1.807) is 18.2 Å². The molecule has 0 aliphatic rings. The van der Waals surface area contributed by atoms with E-state index in [1.807, 2.05) is 6.92 Å². The average molecular weight is 278 g/mol. The highest BCUT2D eigenvalue weighted by molar-refractivity contribution is 5.98. The Bertz CT molecular complexity index is 542. The van der Waals surface area contributed by atoms with E-state index in [0.29, 0.717) is 11.4 Å². The molecule has 1 aromatic carbocycles. The van der Waals surface area contributed by atoms with Gasteiger partial charge in [-0.25, -0.2) is 0 Å². The molecule has 1 unspecified atom stereocenters. The predicted octanol–water partition coefficient (Wildman–Crippen LogP) is 0.0946. The third-order valence-electron chi connectivity index (χ3n) is 2.57. The van der Waals surface area contributed by atoms with Crippen molar-refractivity contribution in [3.8, 4) is 0 Å². The fourth-order valence-corrected chi connectivity index (χ4v) is 1.57. The molecule has 7 nitrogen and oxygen atoms in total. The second-order valence-electron chi connectivity index (χ2n) is 4.48. The van der Waals surface area contributed by atoms with Gasteiger partial charge in [-0.15, -0.1) is 0 Å². The number of aryl methyl sites for hydroxylation is 1. The van der Waals surface area contributed by atoms with Crippen molar-refractivity contribution in [2.45, 2.75) is 26.3 Å². The summed E-state index contributed by atoms with van der Waals surface area (Å²) in [7, 11) is 0. The van der Waals surface area contributed by atoms with Crippen LogP contribution in [0.15, 0.2) is 18.2 Å². The third-order valence-corrected chi connectivity index (χ3v) is 2.57. The van der Waals surface area contributed by atoms with Gasteiger partial charge in [0.1, 0.15) is 0 Å². The monoisotopic (exact) mass is 278 g/mol. The zero-order chi connectivity index (χ0) is 15.3. The molecule has 20 heavy (non-hydrogen) atoms. The first kappa shape index (κ1) is 15.6. The van der Waals surface area contributed by atoms with Crippen LogP contribution in [0, 0.1) is 6.92 Å². The van der Waals surface area contributed by atoms with Crippen molar-refractivity contribution in [1.82, 2.24) is 0 Å². The highest BCUT2D eigenvalue weighted by Gasteiger charge is 2.16. The number of benzene rings is 1. The minimum absolute atomic E-state index is 0.206. The van der Waals surface area contributed by atoms with Crippen LogP contribution in [-0.4, -0.2) is 23.8 Å². The number of amides is 3. The highest BCUT2D eigenvalue weighted by atomic mass is 16.2. The molecule has 1 rings (SSSR count). The molecule has 7 heteroatoms. The molecule has 3 amide bonds. The van der Waals surface area contributed by atoms with E-state index in [1.165, 1.54) is 6.92 Å². The van der Waals surface area contributed by atoms with Crippen LogP contribution in [0.2, 0.25) is 0 Å². The van der Waals surface area contributed by atoms with E-state index in [9.17, 15) is 14.4 Å². The Morgan fingerprint density at radius 3 is 2.45 bits per heavy atom. The van der Waals surface area contributed by atoms with Gasteiger partial charge in [-0.1, -0.05) is 6.07 Å². The summed E-state index contributed by atoms with van der Waals surface area (Å²) in [6.45, 7) is 3.23. The molecule has 0 aromatic heterocycles. The summed E-state index contributed by atoms with van der Waals surface area (Å²) >= 11 is 0. The van der Waals surface area contributed by atoms with Gasteiger partial charge in [0.05, 0.1) is 12.5 Å². The lowest BCUT2D eigenvalue weighted by atomic mass is 10.1. The SMILES string of the molecule is CC(=O)Nc1cc(NC(=O)C(N)CC(N)=O)ccc1C. The Hall–Kier alpha value is -2.41. The summed E-state index contributed by atoms with van der Waals surface area (Å²) in [5.41, 5.74) is 12.4. The summed E-state index contributed by atoms with van der Waals surface area (Å²) in [5, 5.41) is 5.22. The third kappa shape index (κ3) is 4.69. The van der Waals surface area contributed by atoms with E-state index in [-0.39, 0.29) is 12.3 Å². The largest absolute Gasteiger partial charge is 0.370 e. The van der Waals surface area contributed by atoms with Gasteiger partial charge in [-0.3, -0.25) is 14.4 Å². The van der Waals surface area contributed by atoms with Crippen molar-refractivity contribution < 1.29 is 14.4 Å². The molecule has 0 aliphatic carbocycles. The molecule has 1 aromatic rings. The minimum Gasteiger partial charge on any atom is -0.370 e.